The van der Waals surface area contributed by atoms with Crippen molar-refractivity contribution in [3.05, 3.63) is 0 Å². The van der Waals surface area contributed by atoms with E-state index >= 15 is 0 Å². The second kappa shape index (κ2) is 7.86. The van der Waals surface area contributed by atoms with Crippen molar-refractivity contribution in [2.24, 2.45) is 0 Å². The number of hydrogen-bond acceptors (Lipinski definition) is 4. The Bertz CT molecular complexity index is 233. The molecule has 0 aliphatic heterocycles. The van der Waals surface area contributed by atoms with Gasteiger partial charge in [-0.05, 0) is 27.2 Å². The van der Waals surface area contributed by atoms with E-state index in [9.17, 15) is 9.36 Å². The van der Waals surface area contributed by atoms with Crippen molar-refractivity contribution in [3.63, 3.8) is 0 Å². The number of esters is 1. The lowest BCUT2D eigenvalue weighted by atomic mass is 10.2. The van der Waals surface area contributed by atoms with E-state index in [0.29, 0.717) is 6.61 Å². The summed E-state index contributed by atoms with van der Waals surface area (Å²) in [6.45, 7) is 7.99. The first-order valence-corrected chi connectivity index (χ1v) is 7.25. The lowest BCUT2D eigenvalue weighted by Gasteiger charge is -2.19. The Labute approximate surface area is 98.6 Å². The van der Waals surface area contributed by atoms with Gasteiger partial charge in [-0.15, -0.1) is 0 Å². The van der Waals surface area contributed by atoms with Gasteiger partial charge in [0.25, 0.3) is 0 Å². The van der Waals surface area contributed by atoms with Crippen LogP contribution in [0.15, 0.2) is 0 Å². The van der Waals surface area contributed by atoms with E-state index in [1.165, 1.54) is 0 Å². The molecule has 0 aliphatic rings. The number of rotatable bonds is 7. The van der Waals surface area contributed by atoms with Crippen molar-refractivity contribution in [2.75, 3.05) is 12.8 Å². The molecule has 0 aromatic rings. The molecule has 1 atom stereocenters. The molecule has 0 aromatic heterocycles. The van der Waals surface area contributed by atoms with Crippen LogP contribution in [0.2, 0.25) is 0 Å². The zero-order valence-electron chi connectivity index (χ0n) is 10.7. The molecule has 0 saturated heterocycles. The van der Waals surface area contributed by atoms with Crippen molar-refractivity contribution in [1.82, 2.24) is 0 Å². The summed E-state index contributed by atoms with van der Waals surface area (Å²) in [6.07, 6.45) is 2.37. The molecule has 0 amide bonds. The van der Waals surface area contributed by atoms with Crippen molar-refractivity contribution >= 4 is 14.0 Å². The highest BCUT2D eigenvalue weighted by atomic mass is 31.1. The Balaban J connectivity index is 3.63. The predicted octanol–water partition coefficient (Wildman–Crippen LogP) is 3.01. The fourth-order valence-electron chi connectivity index (χ4n) is 0.999. The fraction of sp³-hybridized carbons (Fsp3) is 0.909. The molecule has 0 aliphatic carbocycles. The summed E-state index contributed by atoms with van der Waals surface area (Å²) in [5.41, 5.74) is -0.476. The van der Waals surface area contributed by atoms with E-state index in [4.69, 9.17) is 9.26 Å². The third kappa shape index (κ3) is 10.2. The van der Waals surface area contributed by atoms with Crippen LogP contribution in [0.4, 0.5) is 0 Å². The molecule has 16 heavy (non-hydrogen) atoms. The van der Waals surface area contributed by atoms with Crippen LogP contribution in [-0.2, 0) is 18.6 Å². The highest BCUT2D eigenvalue weighted by Gasteiger charge is 2.16. The Morgan fingerprint density at radius 3 is 2.44 bits per heavy atom. The second-order valence-corrected chi connectivity index (χ2v) is 6.19. The average Bonchev–Trinajstić information content (AvgIpc) is 2.12. The lowest BCUT2D eigenvalue weighted by Crippen LogP contribution is -2.24. The van der Waals surface area contributed by atoms with Gasteiger partial charge in [-0.25, -0.2) is 0 Å². The van der Waals surface area contributed by atoms with Crippen LogP contribution < -0.4 is 0 Å². The maximum absolute atomic E-state index is 11.3. The van der Waals surface area contributed by atoms with Gasteiger partial charge in [0, 0.05) is 6.16 Å². The smallest absolute Gasteiger partial charge is 0.306 e. The van der Waals surface area contributed by atoms with E-state index in [0.717, 1.165) is 12.8 Å². The summed E-state index contributed by atoms with van der Waals surface area (Å²) in [4.78, 5) is 11.3. The van der Waals surface area contributed by atoms with Crippen molar-refractivity contribution < 1.29 is 18.6 Å². The van der Waals surface area contributed by atoms with Crippen LogP contribution in [-0.4, -0.2) is 24.3 Å². The molecule has 0 aromatic carbocycles. The molecule has 0 bridgehead atoms. The molecule has 0 spiro atoms. The molecule has 96 valence electrons. The van der Waals surface area contributed by atoms with Crippen LogP contribution in [0.1, 0.15) is 47.0 Å². The van der Waals surface area contributed by atoms with Crippen molar-refractivity contribution in [2.45, 2.75) is 52.6 Å². The van der Waals surface area contributed by atoms with Gasteiger partial charge in [0.15, 0.2) is 8.03 Å². The van der Waals surface area contributed by atoms with Gasteiger partial charge in [0.1, 0.15) is 5.60 Å². The van der Waals surface area contributed by atoms with Gasteiger partial charge in [0.05, 0.1) is 13.0 Å². The first-order chi connectivity index (χ1) is 7.35. The van der Waals surface area contributed by atoms with Crippen LogP contribution in [0.3, 0.4) is 0 Å². The van der Waals surface area contributed by atoms with E-state index in [1.54, 1.807) is 0 Å². The molecular weight excluding hydrogens is 227 g/mol. The van der Waals surface area contributed by atoms with Crippen LogP contribution in [0, 0.1) is 0 Å². The predicted molar refractivity (Wildman–Crippen MR) is 65.2 cm³/mol. The highest BCUT2D eigenvalue weighted by Crippen LogP contribution is 2.24. The monoisotopic (exact) mass is 250 g/mol. The van der Waals surface area contributed by atoms with E-state index in [2.05, 4.69) is 0 Å². The van der Waals surface area contributed by atoms with Gasteiger partial charge in [-0.1, -0.05) is 13.3 Å². The van der Waals surface area contributed by atoms with Crippen molar-refractivity contribution in [1.29, 1.82) is 0 Å². The molecule has 1 unspecified atom stereocenters. The average molecular weight is 250 g/mol. The molecule has 5 heteroatoms. The van der Waals surface area contributed by atoms with E-state index in [-0.39, 0.29) is 18.6 Å². The highest BCUT2D eigenvalue weighted by molar-refractivity contribution is 7.39. The summed E-state index contributed by atoms with van der Waals surface area (Å²) in [5.74, 6) is -0.315. The topological polar surface area (TPSA) is 52.6 Å². The number of unbranched alkanes of at least 4 members (excludes halogenated alkanes) is 1. The molecule has 4 nitrogen and oxygen atoms in total. The van der Waals surface area contributed by atoms with Crippen molar-refractivity contribution in [3.8, 4) is 0 Å². The minimum absolute atomic E-state index is 0.168. The lowest BCUT2D eigenvalue weighted by molar-refractivity contribution is -0.154. The van der Waals surface area contributed by atoms with Gasteiger partial charge in [0.2, 0.25) is 0 Å². The zero-order chi connectivity index (χ0) is 12.6. The maximum atomic E-state index is 11.3. The standard InChI is InChI=1S/C11H23O4P/c1-5-6-8-14-16(13)9-7-10(12)15-11(2,3)4/h16H,5-9H2,1-4H3. The number of ether oxygens (including phenoxy) is 1. The summed E-state index contributed by atoms with van der Waals surface area (Å²) >= 11 is 0. The zero-order valence-corrected chi connectivity index (χ0v) is 11.7. The molecule has 0 N–H and O–H groups in total. The van der Waals surface area contributed by atoms with Crippen LogP contribution in [0.5, 0.6) is 0 Å². The van der Waals surface area contributed by atoms with Gasteiger partial charge >= 0.3 is 5.97 Å². The molecule has 0 rings (SSSR count). The molecule has 0 radical (unpaired) electrons. The maximum Gasteiger partial charge on any atom is 0.306 e. The first kappa shape index (κ1) is 15.7. The summed E-state index contributed by atoms with van der Waals surface area (Å²) < 4.78 is 21.5. The Hall–Kier alpha value is -0.340. The Kier molecular flexibility index (Phi) is 7.69. The molecule has 0 fully saturated rings. The van der Waals surface area contributed by atoms with Gasteiger partial charge < -0.3 is 9.26 Å². The van der Waals surface area contributed by atoms with E-state index in [1.807, 2.05) is 27.7 Å². The van der Waals surface area contributed by atoms with Crippen LogP contribution in [0.25, 0.3) is 0 Å². The summed E-state index contributed by atoms with van der Waals surface area (Å²) in [7, 11) is -2.06. The SMILES string of the molecule is CCCCO[PH](=O)CCC(=O)OC(C)(C)C. The number of carbonyl (C=O) groups excluding carboxylic acids is 1. The summed E-state index contributed by atoms with van der Waals surface area (Å²) in [6, 6.07) is 0. The molecule has 0 heterocycles. The Morgan fingerprint density at radius 2 is 1.94 bits per heavy atom. The fourth-order valence-corrected chi connectivity index (χ4v) is 1.92. The quantitative estimate of drug-likeness (QED) is 0.396. The number of carbonyl (C=O) groups is 1. The third-order valence-corrected chi connectivity index (χ3v) is 2.90. The molecular formula is C11H23O4P. The number of hydrogen-bond donors (Lipinski definition) is 0. The minimum atomic E-state index is -2.06. The van der Waals surface area contributed by atoms with E-state index < -0.39 is 13.6 Å². The third-order valence-electron chi connectivity index (χ3n) is 1.71. The minimum Gasteiger partial charge on any atom is -0.460 e. The molecule has 0 saturated carbocycles. The van der Waals surface area contributed by atoms with Crippen LogP contribution >= 0.6 is 8.03 Å². The summed E-state index contributed by atoms with van der Waals surface area (Å²) in [5, 5.41) is 0. The normalized spacial score (nSPS) is 13.5. The largest absolute Gasteiger partial charge is 0.460 e. The van der Waals surface area contributed by atoms with Gasteiger partial charge in [-0.3, -0.25) is 9.36 Å². The Morgan fingerprint density at radius 1 is 1.31 bits per heavy atom. The first-order valence-electron chi connectivity index (χ1n) is 5.72. The van der Waals surface area contributed by atoms with Gasteiger partial charge in [-0.2, -0.15) is 0 Å². The second-order valence-electron chi connectivity index (χ2n) is 4.66.